The summed E-state index contributed by atoms with van der Waals surface area (Å²) in [4.78, 5) is 0. The van der Waals surface area contributed by atoms with Crippen molar-refractivity contribution >= 4 is 0 Å². The van der Waals surface area contributed by atoms with Crippen LogP contribution < -0.4 is 0 Å². The minimum absolute atomic E-state index is 0.0417. The van der Waals surface area contributed by atoms with Gasteiger partial charge in [-0.3, -0.25) is 4.39 Å². The van der Waals surface area contributed by atoms with E-state index in [1.165, 1.54) is 12.8 Å². The lowest BCUT2D eigenvalue weighted by Gasteiger charge is -2.30. The summed E-state index contributed by atoms with van der Waals surface area (Å²) in [5.41, 5.74) is 0.898. The monoisotopic (exact) mass is 426 g/mol. The first-order valence-electron chi connectivity index (χ1n) is 12.8. The summed E-state index contributed by atoms with van der Waals surface area (Å²) in [7, 11) is 0. The van der Waals surface area contributed by atoms with Crippen LogP contribution in [-0.2, 0) is 0 Å². The van der Waals surface area contributed by atoms with E-state index in [9.17, 15) is 4.39 Å². The molecule has 2 fully saturated rings. The van der Waals surface area contributed by atoms with E-state index in [0.717, 1.165) is 50.0 Å². The summed E-state index contributed by atoms with van der Waals surface area (Å²) < 4.78 is 37.5. The molecule has 0 amide bonds. The van der Waals surface area contributed by atoms with E-state index in [2.05, 4.69) is 20.4 Å². The van der Waals surface area contributed by atoms with Crippen LogP contribution in [0.5, 0.6) is 0 Å². The normalized spacial score (nSPS) is 27.8. The van der Waals surface area contributed by atoms with Crippen LogP contribution in [0.3, 0.4) is 0 Å². The van der Waals surface area contributed by atoms with Crippen LogP contribution in [0.25, 0.3) is 0 Å². The quantitative estimate of drug-likeness (QED) is 0.443. The second-order valence-corrected chi connectivity index (χ2v) is 8.15. The Labute approximate surface area is 185 Å². The fraction of sp³-hybridized carbons (Fsp3) is 0.917. The zero-order chi connectivity index (χ0) is 26.8. The number of halogens is 1. The van der Waals surface area contributed by atoms with E-state index >= 15 is 0 Å². The Hall–Kier alpha value is -0.490. The van der Waals surface area contributed by atoms with Gasteiger partial charge in [0.25, 0.3) is 0 Å². The van der Waals surface area contributed by atoms with Gasteiger partial charge >= 0.3 is 0 Å². The van der Waals surface area contributed by atoms with Gasteiger partial charge in [0, 0.05) is 15.9 Å². The highest BCUT2D eigenvalue weighted by atomic mass is 19.1. The van der Waals surface area contributed by atoms with Gasteiger partial charge in [0.05, 0.1) is 22.1 Å². The Balaban J connectivity index is -0.000000343. The van der Waals surface area contributed by atoms with Crippen LogP contribution in [0.1, 0.15) is 91.9 Å². The molecule has 0 heterocycles. The van der Waals surface area contributed by atoms with Crippen molar-refractivity contribution in [1.29, 1.82) is 0 Å². The lowest BCUT2D eigenvalue weighted by atomic mass is 9.77. The number of rotatable bonds is 6. The molecular weight excluding hydrogens is 371 g/mol. The third-order valence-corrected chi connectivity index (χ3v) is 4.87. The molecule has 0 spiro atoms. The van der Waals surface area contributed by atoms with Crippen molar-refractivity contribution in [2.45, 2.75) is 92.5 Å². The molecule has 4 nitrogen and oxygen atoms in total. The fourth-order valence-corrected chi connectivity index (χ4v) is 2.30. The highest BCUT2D eigenvalue weighted by Gasteiger charge is 2.23. The van der Waals surface area contributed by atoms with Crippen LogP contribution in [0, 0.1) is 23.7 Å². The minimum Gasteiger partial charge on any atom is -0.396 e. The molecule has 2 aliphatic carbocycles. The van der Waals surface area contributed by atoms with Gasteiger partial charge in [0.2, 0.25) is 0 Å². The zero-order valence-corrected chi connectivity index (χ0v) is 19.6. The SMILES string of the molecule is C=C(CC)CO.CC1CC(CO)C1.CC1CC(O)C1.CC[C@H](C)CF.[2H]C([2H])(C)C([2H])([2H])O. The van der Waals surface area contributed by atoms with Gasteiger partial charge in [-0.05, 0) is 62.1 Å². The Morgan fingerprint density at radius 1 is 1.07 bits per heavy atom. The first-order chi connectivity index (χ1) is 15.0. The van der Waals surface area contributed by atoms with Crippen molar-refractivity contribution in [3.8, 4) is 0 Å². The second kappa shape index (κ2) is 23.8. The van der Waals surface area contributed by atoms with Gasteiger partial charge in [-0.2, -0.15) is 0 Å². The number of hydrogen-bond donors (Lipinski definition) is 4. The summed E-state index contributed by atoms with van der Waals surface area (Å²) in [6.07, 6.45) is 4.26. The molecule has 0 bridgehead atoms. The van der Waals surface area contributed by atoms with Crippen LogP contribution in [0.4, 0.5) is 4.39 Å². The van der Waals surface area contributed by atoms with Gasteiger partial charge < -0.3 is 20.4 Å². The second-order valence-electron chi connectivity index (χ2n) is 8.15. The van der Waals surface area contributed by atoms with E-state index in [4.69, 9.17) is 25.9 Å². The Kier molecular flexibility index (Phi) is 20.3. The van der Waals surface area contributed by atoms with Crippen molar-refractivity contribution in [1.82, 2.24) is 0 Å². The average molecular weight is 427 g/mol. The molecule has 0 unspecified atom stereocenters. The van der Waals surface area contributed by atoms with Crippen molar-refractivity contribution in [3.05, 3.63) is 12.2 Å². The number of aliphatic hydroxyl groups is 4. The maximum atomic E-state index is 11.4. The van der Waals surface area contributed by atoms with Crippen LogP contribution in [-0.4, -0.2) is 53.0 Å². The molecule has 178 valence electrons. The third-order valence-electron chi connectivity index (χ3n) is 4.87. The molecule has 5 heteroatoms. The maximum Gasteiger partial charge on any atom is 0.0919 e. The Bertz CT molecular complexity index is 430. The van der Waals surface area contributed by atoms with E-state index in [-0.39, 0.29) is 25.3 Å². The predicted octanol–water partition coefficient (Wildman–Crippen LogP) is 5.14. The molecule has 0 radical (unpaired) electrons. The maximum absolute atomic E-state index is 11.4. The largest absolute Gasteiger partial charge is 0.396 e. The number of alkyl halides is 1. The van der Waals surface area contributed by atoms with Crippen molar-refractivity contribution in [2.75, 3.05) is 26.4 Å². The number of hydrogen-bond acceptors (Lipinski definition) is 4. The smallest absolute Gasteiger partial charge is 0.0919 e. The molecule has 0 aromatic rings. The molecule has 0 saturated heterocycles. The molecule has 2 saturated carbocycles. The van der Waals surface area contributed by atoms with Gasteiger partial charge in [0.15, 0.2) is 0 Å². The van der Waals surface area contributed by atoms with E-state index in [1.54, 1.807) is 0 Å². The summed E-state index contributed by atoms with van der Waals surface area (Å²) in [5, 5.41) is 33.7. The standard InChI is InChI=1S/C6H12O.C5H11F.2C5H10O.C3H8O/c1-5-2-6(3-5)4-7;1-3-5(2)4-6;1-4-2-5(6)3-4;1-3-5(2)4-6;1-2-3-4/h5-7H,2-4H2,1H3;5H,3-4H2,1-2H3;4-6H,2-3H2,1H3;6H,2-4H2,1H3;4H,2-3H2,1H3/t;5-;;;/m.0.../s1/i;;;;2D2,3D2. The van der Waals surface area contributed by atoms with E-state index in [0.29, 0.717) is 12.5 Å². The van der Waals surface area contributed by atoms with Crippen molar-refractivity contribution in [3.63, 3.8) is 0 Å². The van der Waals surface area contributed by atoms with Gasteiger partial charge in [-0.25, -0.2) is 0 Å². The van der Waals surface area contributed by atoms with Gasteiger partial charge in [0.1, 0.15) is 0 Å². The van der Waals surface area contributed by atoms with Crippen LogP contribution in [0.2, 0.25) is 0 Å². The molecule has 1 atom stereocenters. The topological polar surface area (TPSA) is 80.9 Å². The fourth-order valence-electron chi connectivity index (χ4n) is 2.30. The third kappa shape index (κ3) is 25.5. The van der Waals surface area contributed by atoms with Crippen molar-refractivity contribution < 1.29 is 30.3 Å². The molecule has 4 N–H and O–H groups in total. The summed E-state index contributed by atoms with van der Waals surface area (Å²) in [6, 6.07) is 0. The molecule has 29 heavy (non-hydrogen) atoms. The highest BCUT2D eigenvalue weighted by Crippen LogP contribution is 2.31. The van der Waals surface area contributed by atoms with Crippen LogP contribution >= 0.6 is 0 Å². The molecule has 0 aliphatic heterocycles. The molecular formula is C24H51FO4. The summed E-state index contributed by atoms with van der Waals surface area (Å²) in [6.45, 7) is 12.4. The zero-order valence-electron chi connectivity index (χ0n) is 23.6. The number of aliphatic hydroxyl groups excluding tert-OH is 3. The van der Waals surface area contributed by atoms with E-state index < -0.39 is 12.9 Å². The lowest BCUT2D eigenvalue weighted by molar-refractivity contribution is 0.0513. The van der Waals surface area contributed by atoms with Crippen LogP contribution in [0.15, 0.2) is 12.2 Å². The summed E-state index contributed by atoms with van der Waals surface area (Å²) in [5.74, 6) is 2.59. The lowest BCUT2D eigenvalue weighted by Crippen LogP contribution is -2.25. The average Bonchev–Trinajstić information content (AvgIpc) is 2.69. The molecule has 2 rings (SSSR count). The van der Waals surface area contributed by atoms with Gasteiger partial charge in [-0.15, -0.1) is 0 Å². The minimum atomic E-state index is -2.73. The first-order valence-corrected chi connectivity index (χ1v) is 10.8. The Morgan fingerprint density at radius 3 is 1.55 bits per heavy atom. The Morgan fingerprint density at radius 2 is 1.52 bits per heavy atom. The van der Waals surface area contributed by atoms with Gasteiger partial charge in [-0.1, -0.05) is 60.1 Å². The first kappa shape index (κ1) is 24.8. The molecule has 0 aromatic carbocycles. The van der Waals surface area contributed by atoms with Crippen molar-refractivity contribution in [2.24, 2.45) is 23.7 Å². The van der Waals surface area contributed by atoms with E-state index in [1.807, 2.05) is 20.8 Å². The predicted molar refractivity (Wildman–Crippen MR) is 123 cm³/mol. The summed E-state index contributed by atoms with van der Waals surface area (Å²) >= 11 is 0. The highest BCUT2D eigenvalue weighted by molar-refractivity contribution is 4.90. The molecule has 2 aliphatic rings. The molecule has 0 aromatic heterocycles.